The SMILES string of the molecule is C1CCCC1.C1CCCC1.C1CCCC1.C1CCCC1.CCSC(O)=C(c1ccccc1)c1ccccc1.CCSC(O)=C(c1ccccc1)c1ccccc1.[Yb+2].[Yb+2]. The van der Waals surface area contributed by atoms with E-state index in [9.17, 15) is 10.2 Å². The number of thioether (sulfide) groups is 2. The molecule has 8 rings (SSSR count). The molecule has 328 valence electrons. The summed E-state index contributed by atoms with van der Waals surface area (Å²) in [6, 6.07) is 40.0. The monoisotopic (exact) mass is 1140 g/mol. The molecule has 0 bridgehead atoms. The maximum absolute atomic E-state index is 10.3. The molecule has 4 aromatic carbocycles. The van der Waals surface area contributed by atoms with E-state index in [0.29, 0.717) is 10.2 Å². The number of benzene rings is 4. The molecule has 4 aliphatic rings. The van der Waals surface area contributed by atoms with Gasteiger partial charge in [0.25, 0.3) is 0 Å². The van der Waals surface area contributed by atoms with Gasteiger partial charge in [-0.3, -0.25) is 0 Å². The largest absolute Gasteiger partial charge is 2.00 e. The van der Waals surface area contributed by atoms with Crippen LogP contribution in [-0.4, -0.2) is 21.7 Å². The van der Waals surface area contributed by atoms with Crippen LogP contribution in [0.1, 0.15) is 165 Å². The zero-order valence-corrected chi connectivity index (χ0v) is 40.4. The van der Waals surface area contributed by atoms with Crippen LogP contribution in [0.5, 0.6) is 0 Å². The van der Waals surface area contributed by atoms with Crippen molar-refractivity contribution in [2.75, 3.05) is 11.5 Å². The fourth-order valence-electron chi connectivity index (χ4n) is 7.20. The second-order valence-electron chi connectivity index (χ2n) is 14.8. The van der Waals surface area contributed by atoms with E-state index in [0.717, 1.165) is 44.9 Å². The molecule has 0 aromatic heterocycles. The predicted molar refractivity (Wildman–Crippen MR) is 252 cm³/mol. The second-order valence-corrected chi connectivity index (χ2v) is 17.3. The van der Waals surface area contributed by atoms with Gasteiger partial charge >= 0.3 is 93.8 Å². The fraction of sp³-hybridized carbons (Fsp3) is 0.462. The van der Waals surface area contributed by atoms with Gasteiger partial charge in [-0.25, -0.2) is 0 Å². The van der Waals surface area contributed by atoms with Gasteiger partial charge in [-0.1, -0.05) is 287 Å². The Kier molecular flexibility index (Phi) is 36.9. The number of aliphatic hydroxyl groups is 2. The molecular formula is C52H72O2S2Yb2+4. The van der Waals surface area contributed by atoms with Gasteiger partial charge in [0.05, 0.1) is 0 Å². The topological polar surface area (TPSA) is 40.5 Å². The van der Waals surface area contributed by atoms with Crippen LogP contribution in [0.2, 0.25) is 0 Å². The van der Waals surface area contributed by atoms with Crippen LogP contribution >= 0.6 is 23.5 Å². The second kappa shape index (κ2) is 38.4. The Morgan fingerprint density at radius 3 is 0.621 bits per heavy atom. The molecular weight excluding hydrogens is 1070 g/mol. The van der Waals surface area contributed by atoms with E-state index in [1.54, 1.807) is 0 Å². The third-order valence-electron chi connectivity index (χ3n) is 10.2. The number of hydrogen-bond acceptors (Lipinski definition) is 4. The van der Waals surface area contributed by atoms with Gasteiger partial charge in [0.2, 0.25) is 0 Å². The van der Waals surface area contributed by atoms with E-state index in [1.807, 2.05) is 135 Å². The van der Waals surface area contributed by atoms with Gasteiger partial charge in [0.1, 0.15) is 0 Å². The minimum absolute atomic E-state index is 0. The first-order valence-electron chi connectivity index (χ1n) is 22.0. The smallest absolute Gasteiger partial charge is 0.502 e. The molecule has 6 heteroatoms. The molecule has 4 aliphatic carbocycles. The molecule has 58 heavy (non-hydrogen) atoms. The molecule has 0 amide bonds. The summed E-state index contributed by atoms with van der Waals surface area (Å²) >= 11 is 2.93. The molecule has 4 saturated carbocycles. The van der Waals surface area contributed by atoms with Crippen molar-refractivity contribution in [1.29, 1.82) is 0 Å². The van der Waals surface area contributed by atoms with Gasteiger partial charge in [-0.2, -0.15) is 0 Å². The van der Waals surface area contributed by atoms with Gasteiger partial charge in [0, 0.05) is 11.1 Å². The minimum atomic E-state index is 0. The predicted octanol–water partition coefficient (Wildman–Crippen LogP) is 17.2. The van der Waals surface area contributed by atoms with E-state index in [-0.39, 0.29) is 93.8 Å². The summed E-state index contributed by atoms with van der Waals surface area (Å²) < 4.78 is 0. The summed E-state index contributed by atoms with van der Waals surface area (Å²) in [5.41, 5.74) is 5.99. The average Bonchev–Trinajstić information content (AvgIpc) is 4.11. The summed E-state index contributed by atoms with van der Waals surface area (Å²) in [5.74, 6) is 1.71. The fourth-order valence-corrected chi connectivity index (χ4v) is 8.51. The van der Waals surface area contributed by atoms with Crippen LogP contribution in [0.4, 0.5) is 0 Å². The number of aliphatic hydroxyl groups excluding tert-OH is 2. The Morgan fingerprint density at radius 2 is 0.483 bits per heavy atom. The average molecular weight is 1140 g/mol. The Morgan fingerprint density at radius 1 is 0.328 bits per heavy atom. The summed E-state index contributed by atoms with van der Waals surface area (Å²) in [5, 5.41) is 21.3. The van der Waals surface area contributed by atoms with Gasteiger partial charge < -0.3 is 10.2 Å². The molecule has 2 nitrogen and oxygen atoms in total. The summed E-state index contributed by atoms with van der Waals surface area (Å²) in [7, 11) is 0. The molecule has 0 saturated heterocycles. The van der Waals surface area contributed by atoms with Crippen LogP contribution in [0, 0.1) is 93.8 Å². The van der Waals surface area contributed by atoms with E-state index < -0.39 is 0 Å². The van der Waals surface area contributed by atoms with Gasteiger partial charge in [-0.05, 0) is 33.8 Å². The normalized spacial score (nSPS) is 14.5. The van der Waals surface area contributed by atoms with Crippen LogP contribution in [0.25, 0.3) is 11.1 Å². The van der Waals surface area contributed by atoms with Gasteiger partial charge in [-0.15, -0.1) is 0 Å². The van der Waals surface area contributed by atoms with E-state index in [2.05, 4.69) is 0 Å². The summed E-state index contributed by atoms with van der Waals surface area (Å²) in [4.78, 5) is 0. The van der Waals surface area contributed by atoms with Crippen molar-refractivity contribution in [2.45, 2.75) is 142 Å². The van der Waals surface area contributed by atoms with E-state index in [1.165, 1.54) is 152 Å². The molecule has 0 spiro atoms. The first-order chi connectivity index (χ1) is 27.7. The van der Waals surface area contributed by atoms with Crippen molar-refractivity contribution >= 4 is 34.7 Å². The van der Waals surface area contributed by atoms with Crippen LogP contribution in [-0.2, 0) is 0 Å². The Labute approximate surface area is 440 Å². The third-order valence-corrected chi connectivity index (χ3v) is 11.8. The van der Waals surface area contributed by atoms with Crippen LogP contribution in [0.15, 0.2) is 132 Å². The van der Waals surface area contributed by atoms with Crippen molar-refractivity contribution < 1.29 is 104 Å². The summed E-state index contributed by atoms with van der Waals surface area (Å²) in [6.45, 7) is 4.07. The van der Waals surface area contributed by atoms with Crippen molar-refractivity contribution in [2.24, 2.45) is 0 Å². The molecule has 4 aromatic rings. The van der Waals surface area contributed by atoms with Crippen LogP contribution in [0.3, 0.4) is 0 Å². The van der Waals surface area contributed by atoms with E-state index in [4.69, 9.17) is 0 Å². The zero-order valence-electron chi connectivity index (χ0n) is 35.3. The number of rotatable bonds is 8. The number of hydrogen-bond donors (Lipinski definition) is 2. The molecule has 4 fully saturated rings. The van der Waals surface area contributed by atoms with Crippen molar-refractivity contribution in [3.05, 3.63) is 154 Å². The van der Waals surface area contributed by atoms with Crippen LogP contribution < -0.4 is 0 Å². The first kappa shape index (κ1) is 55.7. The van der Waals surface area contributed by atoms with Crippen molar-refractivity contribution in [1.82, 2.24) is 0 Å². The van der Waals surface area contributed by atoms with E-state index >= 15 is 0 Å². The summed E-state index contributed by atoms with van der Waals surface area (Å²) in [6.07, 6.45) is 30.0. The minimum Gasteiger partial charge on any atom is -0.502 e. The Balaban J connectivity index is 0.000000385. The maximum atomic E-state index is 10.3. The molecule has 0 unspecified atom stereocenters. The zero-order chi connectivity index (χ0) is 39.7. The first-order valence-corrected chi connectivity index (χ1v) is 24.0. The van der Waals surface area contributed by atoms with Crippen molar-refractivity contribution in [3.8, 4) is 0 Å². The quantitative estimate of drug-likeness (QED) is 0.173. The van der Waals surface area contributed by atoms with Crippen molar-refractivity contribution in [3.63, 3.8) is 0 Å². The third kappa shape index (κ3) is 25.0. The van der Waals surface area contributed by atoms with Gasteiger partial charge in [0.15, 0.2) is 10.2 Å². The molecule has 2 N–H and O–H groups in total. The standard InChI is InChI=1S/2C16H16OS.4C5H10.2Yb/c2*1-2-18-16(17)15(13-9-5-3-6-10-13)14-11-7-4-8-12-14;4*1-2-4-5-3-1;;/h2*3-12,17H,2H2,1H3;4*1-5H2;;/q;;;;;;2*+2. The Bertz CT molecular complexity index is 1310. The molecule has 0 atom stereocenters. The molecule has 0 aliphatic heterocycles. The molecule has 0 heterocycles. The Hall–Kier alpha value is -0.301. The maximum Gasteiger partial charge on any atom is 2.00 e. The molecule has 0 radical (unpaired) electrons.